The largest absolute Gasteiger partial charge is 0.480 e. The summed E-state index contributed by atoms with van der Waals surface area (Å²) in [5, 5.41) is 12.5. The summed E-state index contributed by atoms with van der Waals surface area (Å²) in [6.07, 6.45) is 12.8. The lowest BCUT2D eigenvalue weighted by atomic mass is 9.84. The first-order valence-corrected chi connectivity index (χ1v) is 16.3. The number of hydrogen-bond donors (Lipinski definition) is 2. The first-order valence-electron chi connectivity index (χ1n) is 14.9. The second kappa shape index (κ2) is 15.0. The molecule has 1 aliphatic carbocycles. The number of aryl methyl sites for hydroxylation is 1. The van der Waals surface area contributed by atoms with Crippen molar-refractivity contribution < 1.29 is 19.4 Å². The topological polar surface area (TPSA) is 78.9 Å². The molecule has 1 heterocycles. The van der Waals surface area contributed by atoms with Crippen LogP contribution in [0.15, 0.2) is 42.5 Å². The number of hydrogen-bond acceptors (Lipinski definition) is 5. The highest BCUT2D eigenvalue weighted by molar-refractivity contribution is 7.98. The summed E-state index contributed by atoms with van der Waals surface area (Å²) in [4.78, 5) is 28.0. The van der Waals surface area contributed by atoms with Crippen LogP contribution in [0, 0.1) is 12.8 Å². The number of benzene rings is 2. The maximum absolute atomic E-state index is 13.5. The Bertz CT molecular complexity index is 1130. The third-order valence-electron chi connectivity index (χ3n) is 8.80. The molecule has 2 aromatic carbocycles. The lowest BCUT2D eigenvalue weighted by molar-refractivity contribution is -0.139. The molecule has 2 N–H and O–H groups in total. The number of rotatable bonds is 13. The summed E-state index contributed by atoms with van der Waals surface area (Å²) in [6, 6.07) is 14.2. The van der Waals surface area contributed by atoms with Crippen LogP contribution in [-0.4, -0.2) is 65.7 Å². The van der Waals surface area contributed by atoms with Crippen LogP contribution in [0.4, 0.5) is 0 Å². The third-order valence-corrected chi connectivity index (χ3v) is 9.45. The summed E-state index contributed by atoms with van der Waals surface area (Å²) in [6.45, 7) is 3.61. The van der Waals surface area contributed by atoms with Gasteiger partial charge in [-0.05, 0) is 84.9 Å². The van der Waals surface area contributed by atoms with Crippen LogP contribution in [-0.2, 0) is 16.1 Å². The van der Waals surface area contributed by atoms with E-state index in [9.17, 15) is 14.7 Å². The van der Waals surface area contributed by atoms with Crippen LogP contribution in [0.3, 0.4) is 0 Å². The Morgan fingerprint density at radius 2 is 1.80 bits per heavy atom. The predicted molar refractivity (Wildman–Crippen MR) is 164 cm³/mol. The highest BCUT2D eigenvalue weighted by Crippen LogP contribution is 2.36. The van der Waals surface area contributed by atoms with Gasteiger partial charge in [0.25, 0.3) is 5.91 Å². The van der Waals surface area contributed by atoms with Gasteiger partial charge in [0.2, 0.25) is 0 Å². The minimum absolute atomic E-state index is 0.341. The molecule has 1 saturated carbocycles. The van der Waals surface area contributed by atoms with E-state index in [4.69, 9.17) is 4.74 Å². The molecule has 1 saturated heterocycles. The van der Waals surface area contributed by atoms with Crippen LogP contribution in [0.2, 0.25) is 0 Å². The van der Waals surface area contributed by atoms with Crippen LogP contribution in [0.25, 0.3) is 11.1 Å². The zero-order valence-corrected chi connectivity index (χ0v) is 25.2. The number of likely N-dealkylation sites (tertiary alicyclic amines) is 1. The molecule has 6 nitrogen and oxygen atoms in total. The van der Waals surface area contributed by atoms with Crippen LogP contribution < -0.4 is 5.32 Å². The number of aliphatic carboxylic acids is 1. The average Bonchev–Trinajstić information content (AvgIpc) is 3.32. The molecule has 0 unspecified atom stereocenters. The van der Waals surface area contributed by atoms with Crippen molar-refractivity contribution in [1.82, 2.24) is 10.2 Å². The molecule has 0 bridgehead atoms. The Hall–Kier alpha value is -2.35. The van der Waals surface area contributed by atoms with E-state index < -0.39 is 12.0 Å². The van der Waals surface area contributed by atoms with E-state index in [0.717, 1.165) is 42.2 Å². The van der Waals surface area contributed by atoms with Crippen molar-refractivity contribution in [2.24, 2.45) is 5.92 Å². The van der Waals surface area contributed by atoms with Gasteiger partial charge in [-0.15, -0.1) is 0 Å². The van der Waals surface area contributed by atoms with E-state index in [1.807, 2.05) is 36.6 Å². The van der Waals surface area contributed by atoms with Gasteiger partial charge in [-0.1, -0.05) is 62.4 Å². The lowest BCUT2D eigenvalue weighted by Gasteiger charge is -2.33. The first kappa shape index (κ1) is 30.6. The van der Waals surface area contributed by atoms with Crippen molar-refractivity contribution in [3.63, 3.8) is 0 Å². The fourth-order valence-corrected chi connectivity index (χ4v) is 7.10. The van der Waals surface area contributed by atoms with Crippen molar-refractivity contribution in [3.05, 3.63) is 59.2 Å². The van der Waals surface area contributed by atoms with Crippen molar-refractivity contribution >= 4 is 23.6 Å². The van der Waals surface area contributed by atoms with E-state index in [1.165, 1.54) is 50.5 Å². The summed E-state index contributed by atoms with van der Waals surface area (Å²) < 4.78 is 5.63. The van der Waals surface area contributed by atoms with Gasteiger partial charge < -0.3 is 15.2 Å². The zero-order valence-electron chi connectivity index (χ0n) is 24.4. The highest BCUT2D eigenvalue weighted by atomic mass is 32.2. The number of methoxy groups -OCH3 is 1. The van der Waals surface area contributed by atoms with E-state index in [0.29, 0.717) is 29.8 Å². The number of ether oxygens (including phenoxy) is 1. The van der Waals surface area contributed by atoms with Gasteiger partial charge in [0.15, 0.2) is 0 Å². The predicted octanol–water partition coefficient (Wildman–Crippen LogP) is 6.55. The molecule has 1 aliphatic heterocycles. The molecular weight excluding hydrogens is 520 g/mol. The van der Waals surface area contributed by atoms with E-state index in [2.05, 4.69) is 29.3 Å². The lowest BCUT2D eigenvalue weighted by Crippen LogP contribution is -2.41. The molecule has 4 rings (SSSR count). The Kier molecular flexibility index (Phi) is 11.5. The number of carboxylic acid groups (broad SMARTS) is 1. The maximum atomic E-state index is 13.5. The van der Waals surface area contributed by atoms with Gasteiger partial charge >= 0.3 is 5.97 Å². The summed E-state index contributed by atoms with van der Waals surface area (Å²) in [5.74, 6) is 0.150. The fourth-order valence-electron chi connectivity index (χ4n) is 6.63. The summed E-state index contributed by atoms with van der Waals surface area (Å²) in [7, 11) is 1.79. The number of carbonyl (C=O) groups is 2. The Morgan fingerprint density at radius 3 is 2.50 bits per heavy atom. The van der Waals surface area contributed by atoms with E-state index in [1.54, 1.807) is 18.9 Å². The van der Waals surface area contributed by atoms with Gasteiger partial charge in [-0.25, -0.2) is 4.79 Å². The average molecular weight is 567 g/mol. The first-order chi connectivity index (χ1) is 19.4. The smallest absolute Gasteiger partial charge is 0.326 e. The van der Waals surface area contributed by atoms with Crippen molar-refractivity contribution in [2.45, 2.75) is 89.4 Å². The molecular formula is C33H46N2O4S. The second-order valence-electron chi connectivity index (χ2n) is 11.6. The molecule has 40 heavy (non-hydrogen) atoms. The van der Waals surface area contributed by atoms with E-state index >= 15 is 0 Å². The SMILES string of the molecule is COC[C@H]1CC[C@@H](CC2CCCCC2)N1Cc1ccc(C(=O)N[C@@H](CCSC)C(=O)O)c(-c2ccccc2C)c1. The van der Waals surface area contributed by atoms with Gasteiger partial charge in [0, 0.05) is 31.3 Å². The molecule has 0 aromatic heterocycles. The van der Waals surface area contributed by atoms with Crippen molar-refractivity contribution in [1.29, 1.82) is 0 Å². The number of carbonyl (C=O) groups excluding carboxylic acids is 1. The zero-order chi connectivity index (χ0) is 28.5. The Morgan fingerprint density at radius 1 is 1.05 bits per heavy atom. The molecule has 218 valence electrons. The molecule has 0 spiro atoms. The molecule has 3 atom stereocenters. The molecule has 1 amide bonds. The number of amides is 1. The van der Waals surface area contributed by atoms with Crippen molar-refractivity contribution in [3.8, 4) is 11.1 Å². The number of carboxylic acids is 1. The number of thioether (sulfide) groups is 1. The summed E-state index contributed by atoms with van der Waals surface area (Å²) in [5.41, 5.74) is 4.62. The molecule has 2 fully saturated rings. The number of nitrogens with one attached hydrogen (secondary N) is 1. The standard InChI is InChI=1S/C33H46N2O4S/c1-23-9-7-8-12-28(23)30-20-25(13-16-29(30)32(36)34-31(33(37)38)17-18-40-3)21-35-26(14-15-27(35)22-39-2)19-24-10-5-4-6-11-24/h7-9,12-13,16,20,24,26-27,31H,4-6,10-11,14-15,17-19,21-22H2,1-3H3,(H,34,36)(H,37,38)/t26-,27+,31-/m0/s1. The van der Waals surface area contributed by atoms with Crippen LogP contribution >= 0.6 is 11.8 Å². The van der Waals surface area contributed by atoms with Gasteiger partial charge in [0.05, 0.1) is 6.61 Å². The van der Waals surface area contributed by atoms with Gasteiger partial charge in [0.1, 0.15) is 6.04 Å². The second-order valence-corrected chi connectivity index (χ2v) is 12.6. The molecule has 2 aliphatic rings. The minimum Gasteiger partial charge on any atom is -0.480 e. The molecule has 2 aromatic rings. The third kappa shape index (κ3) is 7.89. The van der Waals surface area contributed by atoms with Crippen molar-refractivity contribution in [2.75, 3.05) is 25.7 Å². The Balaban J connectivity index is 1.62. The maximum Gasteiger partial charge on any atom is 0.326 e. The fraction of sp³-hybridized carbons (Fsp3) is 0.576. The minimum atomic E-state index is -1.00. The monoisotopic (exact) mass is 566 g/mol. The molecule has 0 radical (unpaired) electrons. The quantitative estimate of drug-likeness (QED) is 0.286. The summed E-state index contributed by atoms with van der Waals surface area (Å²) >= 11 is 1.58. The highest BCUT2D eigenvalue weighted by Gasteiger charge is 2.35. The Labute approximate surface area is 244 Å². The number of nitrogens with zero attached hydrogens (tertiary/aromatic N) is 1. The van der Waals surface area contributed by atoms with Gasteiger partial charge in [-0.2, -0.15) is 11.8 Å². The van der Waals surface area contributed by atoms with E-state index in [-0.39, 0.29) is 5.91 Å². The normalized spacial score (nSPS) is 20.9. The van der Waals surface area contributed by atoms with Crippen LogP contribution in [0.1, 0.15) is 79.3 Å². The van der Waals surface area contributed by atoms with Crippen LogP contribution in [0.5, 0.6) is 0 Å². The van der Waals surface area contributed by atoms with Gasteiger partial charge in [-0.3, -0.25) is 9.69 Å². The molecule has 7 heteroatoms.